The van der Waals surface area contributed by atoms with Crippen molar-refractivity contribution in [3.8, 4) is 5.75 Å². The van der Waals surface area contributed by atoms with Crippen LogP contribution in [0, 0.1) is 5.82 Å². The number of ether oxygens (including phenoxy) is 1. The number of sulfonamides is 1. The van der Waals surface area contributed by atoms with Gasteiger partial charge in [0.15, 0.2) is 9.84 Å². The SMILES string of the molecule is COc1ccc(S(=O)(=O)C2CN(S(=O)(=O)c3ccc(F)cc3)C2)cc1. The molecule has 1 saturated heterocycles. The standard InChI is InChI=1S/C16H16FNO5S2/c1-23-13-4-8-14(9-5-13)24(19,20)16-10-18(11-16)25(21,22)15-6-2-12(17)3-7-15/h2-9,16H,10-11H2,1H3. The second-order valence-electron chi connectivity index (χ2n) is 5.62. The fourth-order valence-corrected chi connectivity index (χ4v) is 5.88. The van der Waals surface area contributed by atoms with Crippen molar-refractivity contribution in [2.24, 2.45) is 0 Å². The zero-order chi connectivity index (χ0) is 18.2. The van der Waals surface area contributed by atoms with E-state index in [1.165, 1.54) is 19.2 Å². The van der Waals surface area contributed by atoms with Crippen LogP contribution < -0.4 is 4.74 Å². The summed E-state index contributed by atoms with van der Waals surface area (Å²) >= 11 is 0. The molecule has 2 aromatic carbocycles. The molecule has 2 aromatic rings. The molecule has 1 aliphatic rings. The van der Waals surface area contributed by atoms with E-state index in [0.717, 1.165) is 28.6 Å². The lowest BCUT2D eigenvalue weighted by atomic mass is 10.3. The van der Waals surface area contributed by atoms with Gasteiger partial charge in [0.05, 0.1) is 22.2 Å². The smallest absolute Gasteiger partial charge is 0.243 e. The minimum Gasteiger partial charge on any atom is -0.497 e. The first-order chi connectivity index (χ1) is 11.7. The van der Waals surface area contributed by atoms with E-state index in [9.17, 15) is 21.2 Å². The van der Waals surface area contributed by atoms with E-state index < -0.39 is 30.9 Å². The van der Waals surface area contributed by atoms with Crippen LogP contribution in [0.4, 0.5) is 4.39 Å². The summed E-state index contributed by atoms with van der Waals surface area (Å²) in [6, 6.07) is 10.4. The van der Waals surface area contributed by atoms with Gasteiger partial charge in [-0.25, -0.2) is 21.2 Å². The molecule has 0 atom stereocenters. The van der Waals surface area contributed by atoms with Crippen LogP contribution in [0.25, 0.3) is 0 Å². The minimum atomic E-state index is -3.82. The van der Waals surface area contributed by atoms with Gasteiger partial charge < -0.3 is 4.74 Å². The Morgan fingerprint density at radius 1 is 0.920 bits per heavy atom. The molecule has 0 radical (unpaired) electrons. The summed E-state index contributed by atoms with van der Waals surface area (Å²) < 4.78 is 68.9. The highest BCUT2D eigenvalue weighted by Crippen LogP contribution is 2.29. The Morgan fingerprint density at radius 3 is 1.96 bits per heavy atom. The molecule has 0 saturated carbocycles. The molecule has 0 unspecified atom stereocenters. The van der Waals surface area contributed by atoms with Crippen molar-refractivity contribution < 1.29 is 26.0 Å². The summed E-state index contributed by atoms with van der Waals surface area (Å²) in [5, 5.41) is -0.809. The van der Waals surface area contributed by atoms with Crippen LogP contribution in [0.15, 0.2) is 58.3 Å². The van der Waals surface area contributed by atoms with Crippen LogP contribution in [-0.4, -0.2) is 46.6 Å². The predicted molar refractivity (Wildman–Crippen MR) is 89.1 cm³/mol. The lowest BCUT2D eigenvalue weighted by molar-refractivity contribution is 0.309. The van der Waals surface area contributed by atoms with Gasteiger partial charge in [-0.1, -0.05) is 0 Å². The summed E-state index contributed by atoms with van der Waals surface area (Å²) in [6.45, 7) is -0.262. The normalized spacial score (nSPS) is 16.4. The molecule has 1 fully saturated rings. The van der Waals surface area contributed by atoms with Gasteiger partial charge in [0.2, 0.25) is 10.0 Å². The summed E-state index contributed by atoms with van der Waals surface area (Å²) in [7, 11) is -5.97. The Labute approximate surface area is 145 Å². The Balaban J connectivity index is 1.75. The first-order valence-corrected chi connectivity index (χ1v) is 10.4. The maximum atomic E-state index is 12.9. The van der Waals surface area contributed by atoms with Crippen molar-refractivity contribution >= 4 is 19.9 Å². The molecule has 0 aliphatic carbocycles. The van der Waals surface area contributed by atoms with Crippen LogP contribution in [0.5, 0.6) is 5.75 Å². The number of hydrogen-bond donors (Lipinski definition) is 0. The first-order valence-electron chi connectivity index (χ1n) is 7.39. The number of hydrogen-bond acceptors (Lipinski definition) is 5. The number of nitrogens with zero attached hydrogens (tertiary/aromatic N) is 1. The molecule has 3 rings (SSSR count). The van der Waals surface area contributed by atoms with E-state index >= 15 is 0 Å². The van der Waals surface area contributed by atoms with Crippen molar-refractivity contribution in [2.75, 3.05) is 20.2 Å². The molecule has 0 aromatic heterocycles. The van der Waals surface area contributed by atoms with Crippen LogP contribution in [-0.2, 0) is 19.9 Å². The fourth-order valence-electron chi connectivity index (χ4n) is 2.51. The van der Waals surface area contributed by atoms with E-state index in [2.05, 4.69) is 0 Å². The molecule has 0 bridgehead atoms. The predicted octanol–water partition coefficient (Wildman–Crippen LogP) is 1.68. The van der Waals surface area contributed by atoms with Crippen LogP contribution in [0.3, 0.4) is 0 Å². The van der Waals surface area contributed by atoms with Gasteiger partial charge in [-0.2, -0.15) is 4.31 Å². The maximum Gasteiger partial charge on any atom is 0.243 e. The molecule has 1 aliphatic heterocycles. The van der Waals surface area contributed by atoms with E-state index in [-0.39, 0.29) is 22.9 Å². The number of halogens is 1. The van der Waals surface area contributed by atoms with E-state index in [0.29, 0.717) is 5.75 Å². The molecule has 25 heavy (non-hydrogen) atoms. The number of rotatable bonds is 5. The molecular weight excluding hydrogens is 369 g/mol. The zero-order valence-electron chi connectivity index (χ0n) is 13.3. The van der Waals surface area contributed by atoms with Gasteiger partial charge in [-0.05, 0) is 48.5 Å². The highest BCUT2D eigenvalue weighted by atomic mass is 32.2. The average Bonchev–Trinajstić information content (AvgIpc) is 2.53. The lowest BCUT2D eigenvalue weighted by Gasteiger charge is -2.37. The van der Waals surface area contributed by atoms with Crippen molar-refractivity contribution in [3.63, 3.8) is 0 Å². The average molecular weight is 385 g/mol. The number of sulfone groups is 1. The van der Waals surface area contributed by atoms with Gasteiger partial charge in [0.25, 0.3) is 0 Å². The quantitative estimate of drug-likeness (QED) is 0.782. The first kappa shape index (κ1) is 17.8. The molecular formula is C16H16FNO5S2. The molecule has 0 spiro atoms. The molecule has 9 heteroatoms. The second kappa shape index (κ2) is 6.40. The van der Waals surface area contributed by atoms with Crippen molar-refractivity contribution in [1.29, 1.82) is 0 Å². The van der Waals surface area contributed by atoms with Crippen LogP contribution in [0.1, 0.15) is 0 Å². The Morgan fingerprint density at radius 2 is 1.44 bits per heavy atom. The van der Waals surface area contributed by atoms with Gasteiger partial charge in [-0.15, -0.1) is 0 Å². The summed E-state index contributed by atoms with van der Waals surface area (Å²) in [5.74, 6) is -0.00408. The van der Waals surface area contributed by atoms with E-state index in [4.69, 9.17) is 4.74 Å². The minimum absolute atomic E-state index is 0.0609. The van der Waals surface area contributed by atoms with Gasteiger partial charge >= 0.3 is 0 Å². The third-order valence-corrected chi connectivity index (χ3v) is 8.04. The summed E-state index contributed by atoms with van der Waals surface area (Å²) in [5.41, 5.74) is 0. The molecule has 0 amide bonds. The molecule has 134 valence electrons. The zero-order valence-corrected chi connectivity index (χ0v) is 14.9. The highest BCUT2D eigenvalue weighted by Gasteiger charge is 2.44. The molecule has 6 nitrogen and oxygen atoms in total. The summed E-state index contributed by atoms with van der Waals surface area (Å²) in [6.07, 6.45) is 0. The van der Waals surface area contributed by atoms with Crippen molar-refractivity contribution in [1.82, 2.24) is 4.31 Å². The van der Waals surface area contributed by atoms with Gasteiger partial charge in [0, 0.05) is 13.1 Å². The fraction of sp³-hybridized carbons (Fsp3) is 0.250. The summed E-state index contributed by atoms with van der Waals surface area (Å²) in [4.78, 5) is 0.0614. The van der Waals surface area contributed by atoms with Gasteiger partial charge in [-0.3, -0.25) is 0 Å². The Hall–Kier alpha value is -1.97. The third kappa shape index (κ3) is 3.26. The molecule has 0 N–H and O–H groups in total. The van der Waals surface area contributed by atoms with Crippen LogP contribution >= 0.6 is 0 Å². The van der Waals surface area contributed by atoms with E-state index in [1.807, 2.05) is 0 Å². The van der Waals surface area contributed by atoms with Crippen molar-refractivity contribution in [3.05, 3.63) is 54.3 Å². The lowest BCUT2D eigenvalue weighted by Crippen LogP contribution is -2.56. The highest BCUT2D eigenvalue weighted by molar-refractivity contribution is 7.92. The van der Waals surface area contributed by atoms with Crippen molar-refractivity contribution in [2.45, 2.75) is 15.0 Å². The van der Waals surface area contributed by atoms with Gasteiger partial charge in [0.1, 0.15) is 11.6 Å². The third-order valence-electron chi connectivity index (χ3n) is 4.09. The maximum absolute atomic E-state index is 12.9. The van der Waals surface area contributed by atoms with Crippen LogP contribution in [0.2, 0.25) is 0 Å². The Kier molecular flexibility index (Phi) is 4.56. The largest absolute Gasteiger partial charge is 0.497 e. The molecule has 1 heterocycles. The Bertz CT molecular complexity index is 964. The number of methoxy groups -OCH3 is 1. The topological polar surface area (TPSA) is 80.8 Å². The number of benzene rings is 2. The monoisotopic (exact) mass is 385 g/mol. The second-order valence-corrected chi connectivity index (χ2v) is 9.78. The van der Waals surface area contributed by atoms with E-state index in [1.54, 1.807) is 12.1 Å².